The number of pyridine rings is 1. The van der Waals surface area contributed by atoms with Gasteiger partial charge in [-0.1, -0.05) is 113 Å². The van der Waals surface area contributed by atoms with Crippen LogP contribution in [0.4, 0.5) is 11.4 Å². The Morgan fingerprint density at radius 3 is 1.11 bits per heavy atom. The zero-order valence-corrected chi connectivity index (χ0v) is 39.2. The van der Waals surface area contributed by atoms with Crippen molar-refractivity contribution < 1.29 is 9.59 Å². The Hall–Kier alpha value is -5.43. The lowest BCUT2D eigenvalue weighted by atomic mass is 9.71. The van der Waals surface area contributed by atoms with Crippen LogP contribution in [0.1, 0.15) is 142 Å². The minimum atomic E-state index is -0.426. The van der Waals surface area contributed by atoms with E-state index >= 15 is 0 Å². The van der Waals surface area contributed by atoms with Gasteiger partial charge in [-0.15, -0.1) is 10.2 Å². The van der Waals surface area contributed by atoms with Gasteiger partial charge in [-0.25, -0.2) is 4.98 Å². The van der Waals surface area contributed by atoms with E-state index in [0.29, 0.717) is 22.8 Å². The molecule has 0 radical (unpaired) electrons. The highest BCUT2D eigenvalue weighted by Crippen LogP contribution is 2.44. The molecule has 7 nitrogen and oxygen atoms in total. The molecule has 0 amide bonds. The van der Waals surface area contributed by atoms with E-state index in [-0.39, 0.29) is 11.6 Å². The SMILES string of the molecule is CC(C)(C)C1=CC(=C(/N=N/c2cccc3c2CCCC3)c2cccc(C(/N=N/c3cccc4c3CCCC4)=C3C=C(C(C)(C)C)C(=O)C(C(C)(C)C)=C3)n2)C=C(C(C)(C)C)C1=O. The van der Waals surface area contributed by atoms with Crippen LogP contribution in [0.25, 0.3) is 11.4 Å². The van der Waals surface area contributed by atoms with Crippen LogP contribution in [-0.4, -0.2) is 16.6 Å². The number of ketones is 2. The molecule has 322 valence electrons. The molecule has 0 saturated heterocycles. The molecule has 7 rings (SSSR count). The van der Waals surface area contributed by atoms with Gasteiger partial charge in [-0.3, -0.25) is 9.59 Å². The van der Waals surface area contributed by atoms with Gasteiger partial charge in [0.2, 0.25) is 0 Å². The minimum absolute atomic E-state index is 0.0501. The van der Waals surface area contributed by atoms with Crippen molar-refractivity contribution in [2.24, 2.45) is 42.1 Å². The van der Waals surface area contributed by atoms with Gasteiger partial charge >= 0.3 is 0 Å². The number of hydrogen-bond acceptors (Lipinski definition) is 7. The van der Waals surface area contributed by atoms with E-state index in [9.17, 15) is 9.59 Å². The lowest BCUT2D eigenvalue weighted by Gasteiger charge is -2.31. The minimum Gasteiger partial charge on any atom is -0.289 e. The summed E-state index contributed by atoms with van der Waals surface area (Å²) < 4.78 is 0. The second-order valence-corrected chi connectivity index (χ2v) is 21.6. The van der Waals surface area contributed by atoms with Crippen molar-refractivity contribution in [2.75, 3.05) is 0 Å². The van der Waals surface area contributed by atoms with E-state index in [4.69, 9.17) is 25.4 Å². The number of azo groups is 2. The molecule has 7 heteroatoms. The molecule has 1 heterocycles. The third kappa shape index (κ3) is 9.47. The number of benzene rings is 2. The van der Waals surface area contributed by atoms with Crippen molar-refractivity contribution in [1.82, 2.24) is 4.98 Å². The summed E-state index contributed by atoms with van der Waals surface area (Å²) in [4.78, 5) is 33.8. The maximum absolute atomic E-state index is 14.2. The first-order chi connectivity index (χ1) is 29.1. The Kier molecular flexibility index (Phi) is 12.3. The number of aromatic nitrogens is 1. The predicted octanol–water partition coefficient (Wildman–Crippen LogP) is 14.9. The fraction of sp³-hybridized carbons (Fsp3) is 0.436. The maximum Gasteiger partial charge on any atom is 0.186 e. The van der Waals surface area contributed by atoms with Gasteiger partial charge in [0.25, 0.3) is 0 Å². The number of aryl methyl sites for hydroxylation is 2. The molecular weight excluding hydrogens is 763 g/mol. The molecule has 0 spiro atoms. The summed E-state index contributed by atoms with van der Waals surface area (Å²) in [6.07, 6.45) is 16.5. The summed E-state index contributed by atoms with van der Waals surface area (Å²) in [7, 11) is 0. The zero-order chi connectivity index (χ0) is 44.8. The Balaban J connectivity index is 1.51. The van der Waals surface area contributed by atoms with Crippen LogP contribution in [0, 0.1) is 21.7 Å². The average Bonchev–Trinajstić information content (AvgIpc) is 3.20. The van der Waals surface area contributed by atoms with Crippen LogP contribution < -0.4 is 0 Å². The van der Waals surface area contributed by atoms with E-state index in [1.54, 1.807) is 0 Å². The van der Waals surface area contributed by atoms with E-state index < -0.39 is 21.7 Å². The van der Waals surface area contributed by atoms with Crippen LogP contribution in [0.15, 0.2) is 133 Å². The molecule has 0 aliphatic heterocycles. The van der Waals surface area contributed by atoms with Crippen LogP contribution in [-0.2, 0) is 35.3 Å². The molecule has 1 aromatic heterocycles. The molecule has 62 heavy (non-hydrogen) atoms. The topological polar surface area (TPSA) is 96.5 Å². The van der Waals surface area contributed by atoms with E-state index in [1.165, 1.54) is 35.1 Å². The second kappa shape index (κ2) is 17.0. The van der Waals surface area contributed by atoms with Gasteiger partial charge < -0.3 is 0 Å². The van der Waals surface area contributed by atoms with Crippen LogP contribution in [0.5, 0.6) is 0 Å². The summed E-state index contributed by atoms with van der Waals surface area (Å²) in [5.74, 6) is 0.100. The van der Waals surface area contributed by atoms with Gasteiger partial charge in [0, 0.05) is 33.4 Å². The monoisotopic (exact) mass is 828 g/mol. The number of nitrogens with zero attached hydrogens (tertiary/aromatic N) is 5. The Bertz CT molecular complexity index is 2330. The van der Waals surface area contributed by atoms with Crippen LogP contribution in [0.3, 0.4) is 0 Å². The second-order valence-electron chi connectivity index (χ2n) is 21.6. The lowest BCUT2D eigenvalue weighted by Crippen LogP contribution is -2.28. The van der Waals surface area contributed by atoms with E-state index in [0.717, 1.165) is 83.3 Å². The van der Waals surface area contributed by atoms with Crippen molar-refractivity contribution in [1.29, 1.82) is 0 Å². The molecule has 0 saturated carbocycles. The van der Waals surface area contributed by atoms with Crippen LogP contribution in [0.2, 0.25) is 0 Å². The lowest BCUT2D eigenvalue weighted by molar-refractivity contribution is -0.114. The Labute approximate surface area is 370 Å². The molecule has 4 aliphatic carbocycles. The summed E-state index contributed by atoms with van der Waals surface area (Å²) in [6.45, 7) is 25.0. The van der Waals surface area contributed by atoms with Gasteiger partial charge in [0.15, 0.2) is 11.6 Å². The van der Waals surface area contributed by atoms with Crippen molar-refractivity contribution >= 4 is 34.3 Å². The third-order valence-electron chi connectivity index (χ3n) is 12.4. The number of rotatable bonds is 6. The standard InChI is InChI=1S/C55H65N5O2/c1-52(2,3)40-30-36(31-41(50(40)61)53(4,5)6)48(59-57-44-26-17-22-34-20-13-15-24-38(34)44)46-28-19-29-47(56-46)49(60-58-45-27-18-23-35-21-14-16-25-39(35)45)37-32-42(54(7,8)9)51(62)43(33-37)55(10,11)12/h17-19,22-23,26-33H,13-16,20-21,24-25H2,1-12H3/b59-57+,60-58+. The van der Waals surface area contributed by atoms with Gasteiger partial charge in [-0.05, 0) is 144 Å². The first-order valence-corrected chi connectivity index (χ1v) is 22.6. The molecule has 0 fully saturated rings. The van der Waals surface area contributed by atoms with E-state index in [2.05, 4.69) is 107 Å². The number of carbonyl (C=O) groups is 2. The maximum atomic E-state index is 14.2. The number of allylic oxidation sites excluding steroid dienone is 10. The smallest absolute Gasteiger partial charge is 0.186 e. The molecule has 4 aliphatic rings. The quantitative estimate of drug-likeness (QED) is 0.231. The first kappa shape index (κ1) is 44.6. The summed E-state index contributed by atoms with van der Waals surface area (Å²) in [6, 6.07) is 18.5. The van der Waals surface area contributed by atoms with Gasteiger partial charge in [0.1, 0.15) is 11.4 Å². The number of carbonyl (C=O) groups excluding carboxylic acids is 2. The zero-order valence-electron chi connectivity index (χ0n) is 39.2. The van der Waals surface area contributed by atoms with Gasteiger partial charge in [0.05, 0.1) is 22.8 Å². The molecule has 0 N–H and O–H groups in total. The van der Waals surface area contributed by atoms with E-state index in [1.807, 2.05) is 54.6 Å². The first-order valence-electron chi connectivity index (χ1n) is 22.6. The predicted molar refractivity (Wildman–Crippen MR) is 253 cm³/mol. The number of hydrogen-bond donors (Lipinski definition) is 0. The van der Waals surface area contributed by atoms with Gasteiger partial charge in [-0.2, -0.15) is 10.2 Å². The average molecular weight is 828 g/mol. The molecule has 0 unspecified atom stereocenters. The number of fused-ring (bicyclic) bond motifs is 2. The van der Waals surface area contributed by atoms with Crippen molar-refractivity contribution in [2.45, 2.75) is 134 Å². The summed E-state index contributed by atoms with van der Waals surface area (Å²) >= 11 is 0. The molecule has 0 bridgehead atoms. The third-order valence-corrected chi connectivity index (χ3v) is 12.4. The van der Waals surface area contributed by atoms with Crippen molar-refractivity contribution in [3.05, 3.63) is 146 Å². The molecule has 2 aromatic carbocycles. The molecule has 0 atom stereocenters. The highest BCUT2D eigenvalue weighted by Gasteiger charge is 2.37. The van der Waals surface area contributed by atoms with Crippen molar-refractivity contribution in [3.63, 3.8) is 0 Å². The highest BCUT2D eigenvalue weighted by atomic mass is 16.1. The Morgan fingerprint density at radius 1 is 0.452 bits per heavy atom. The Morgan fingerprint density at radius 2 is 0.774 bits per heavy atom. The van der Waals surface area contributed by atoms with Crippen molar-refractivity contribution in [3.8, 4) is 0 Å². The summed E-state index contributed by atoms with van der Waals surface area (Å²) in [5, 5.41) is 20.2. The number of Topliss-reactive ketones (excluding diaryl/α,β-unsaturated/α-hetero) is 2. The largest absolute Gasteiger partial charge is 0.289 e. The fourth-order valence-corrected chi connectivity index (χ4v) is 8.89. The van der Waals surface area contributed by atoms with Crippen LogP contribution >= 0.6 is 0 Å². The normalized spacial score (nSPS) is 17.7. The summed E-state index contributed by atoms with van der Waals surface area (Å²) in [5.41, 5.74) is 11.9. The fourth-order valence-electron chi connectivity index (χ4n) is 8.89. The highest BCUT2D eigenvalue weighted by molar-refractivity contribution is 6.13. The molecular formula is C55H65N5O2. The molecule has 3 aromatic rings.